The molecule has 0 unspecified atom stereocenters. The predicted octanol–water partition coefficient (Wildman–Crippen LogP) is 4.97. The standard InChI is InChI=1S/C21H20N2O3S3/c22-10-13-27-18-5-2-1-4-17(18)23-19(24)14-26-20(25)15-6-8-16(9-7-15)21-28-11-3-12-29-21/h1-2,4-9,21H,3,11-14H2,(H,23,24). The van der Waals surface area contributed by atoms with Crippen molar-refractivity contribution in [3.63, 3.8) is 0 Å². The highest BCUT2D eigenvalue weighted by molar-refractivity contribution is 8.16. The Morgan fingerprint density at radius 1 is 1.14 bits per heavy atom. The highest BCUT2D eigenvalue weighted by Gasteiger charge is 2.17. The molecule has 1 aliphatic rings. The van der Waals surface area contributed by atoms with E-state index >= 15 is 0 Å². The number of hydrogen-bond donors (Lipinski definition) is 1. The molecule has 1 aliphatic heterocycles. The Hall–Kier alpha value is -2.08. The van der Waals surface area contributed by atoms with Crippen LogP contribution in [0.5, 0.6) is 0 Å². The van der Waals surface area contributed by atoms with Gasteiger partial charge in [0.1, 0.15) is 0 Å². The first kappa shape index (κ1) is 21.6. The molecule has 1 N–H and O–H groups in total. The van der Waals surface area contributed by atoms with Crippen molar-refractivity contribution in [3.8, 4) is 6.07 Å². The number of anilines is 1. The van der Waals surface area contributed by atoms with Gasteiger partial charge in [0.2, 0.25) is 0 Å². The van der Waals surface area contributed by atoms with Crippen LogP contribution in [0.2, 0.25) is 0 Å². The summed E-state index contributed by atoms with van der Waals surface area (Å²) < 4.78 is 5.56. The zero-order valence-corrected chi connectivity index (χ0v) is 18.1. The number of benzene rings is 2. The number of ether oxygens (including phenoxy) is 1. The van der Waals surface area contributed by atoms with Crippen molar-refractivity contribution in [2.24, 2.45) is 0 Å². The Morgan fingerprint density at radius 3 is 2.59 bits per heavy atom. The first-order chi connectivity index (χ1) is 14.2. The minimum Gasteiger partial charge on any atom is -0.452 e. The highest BCUT2D eigenvalue weighted by atomic mass is 32.2. The summed E-state index contributed by atoms with van der Waals surface area (Å²) in [6, 6.07) is 16.7. The smallest absolute Gasteiger partial charge is 0.338 e. The van der Waals surface area contributed by atoms with Crippen LogP contribution in [-0.2, 0) is 9.53 Å². The van der Waals surface area contributed by atoms with E-state index in [-0.39, 0.29) is 12.4 Å². The molecule has 2 aromatic rings. The molecule has 1 amide bonds. The molecule has 0 saturated carbocycles. The van der Waals surface area contributed by atoms with E-state index in [0.717, 1.165) is 16.4 Å². The van der Waals surface area contributed by atoms with Crippen molar-refractivity contribution < 1.29 is 14.3 Å². The van der Waals surface area contributed by atoms with Crippen LogP contribution in [-0.4, -0.2) is 35.7 Å². The number of esters is 1. The summed E-state index contributed by atoms with van der Waals surface area (Å²) >= 11 is 5.19. The number of amides is 1. The van der Waals surface area contributed by atoms with Crippen molar-refractivity contribution >= 4 is 52.8 Å². The lowest BCUT2D eigenvalue weighted by Gasteiger charge is -2.21. The predicted molar refractivity (Wildman–Crippen MR) is 120 cm³/mol. The second-order valence-corrected chi connectivity index (χ2v) is 9.86. The lowest BCUT2D eigenvalue weighted by molar-refractivity contribution is -0.119. The van der Waals surface area contributed by atoms with Crippen molar-refractivity contribution in [2.75, 3.05) is 29.2 Å². The SMILES string of the molecule is N#CCSc1ccccc1NC(=O)COC(=O)c1ccc(C2SCCCS2)cc1. The average molecular weight is 445 g/mol. The quantitative estimate of drug-likeness (QED) is 0.477. The summed E-state index contributed by atoms with van der Waals surface area (Å²) in [5, 5.41) is 11.5. The summed E-state index contributed by atoms with van der Waals surface area (Å²) in [6.07, 6.45) is 1.24. The summed E-state index contributed by atoms with van der Waals surface area (Å²) in [6.45, 7) is -0.369. The molecular weight excluding hydrogens is 424 g/mol. The van der Waals surface area contributed by atoms with Gasteiger partial charge in [-0.3, -0.25) is 4.79 Å². The average Bonchev–Trinajstić information content (AvgIpc) is 2.77. The van der Waals surface area contributed by atoms with Gasteiger partial charge in [-0.25, -0.2) is 4.79 Å². The fourth-order valence-corrected chi connectivity index (χ4v) is 6.23. The fourth-order valence-electron chi connectivity index (χ4n) is 2.66. The lowest BCUT2D eigenvalue weighted by Crippen LogP contribution is -2.21. The van der Waals surface area contributed by atoms with E-state index in [1.54, 1.807) is 24.3 Å². The van der Waals surface area contributed by atoms with E-state index in [9.17, 15) is 9.59 Å². The van der Waals surface area contributed by atoms with Gasteiger partial charge in [-0.15, -0.1) is 35.3 Å². The fraction of sp³-hybridized carbons (Fsp3) is 0.286. The lowest BCUT2D eigenvalue weighted by atomic mass is 10.1. The molecule has 0 atom stereocenters. The summed E-state index contributed by atoms with van der Waals surface area (Å²) in [7, 11) is 0. The van der Waals surface area contributed by atoms with Gasteiger partial charge in [0.15, 0.2) is 6.61 Å². The summed E-state index contributed by atoms with van der Waals surface area (Å²) in [5.41, 5.74) is 2.22. The van der Waals surface area contributed by atoms with Gasteiger partial charge in [-0.2, -0.15) is 5.26 Å². The molecule has 29 heavy (non-hydrogen) atoms. The minimum atomic E-state index is -0.525. The molecule has 1 saturated heterocycles. The van der Waals surface area contributed by atoms with E-state index in [1.807, 2.05) is 47.8 Å². The topological polar surface area (TPSA) is 79.2 Å². The number of thioether (sulfide) groups is 3. The Labute approximate surface area is 183 Å². The van der Waals surface area contributed by atoms with E-state index in [4.69, 9.17) is 10.00 Å². The Balaban J connectivity index is 1.51. The van der Waals surface area contributed by atoms with Gasteiger partial charge in [0.25, 0.3) is 5.91 Å². The normalized spacial score (nSPS) is 14.0. The van der Waals surface area contributed by atoms with Crippen LogP contribution >= 0.6 is 35.3 Å². The van der Waals surface area contributed by atoms with Gasteiger partial charge >= 0.3 is 5.97 Å². The van der Waals surface area contributed by atoms with Crippen LogP contribution in [0.25, 0.3) is 0 Å². The minimum absolute atomic E-state index is 0.287. The third kappa shape index (κ3) is 6.46. The molecule has 150 valence electrons. The van der Waals surface area contributed by atoms with E-state index < -0.39 is 11.9 Å². The van der Waals surface area contributed by atoms with Gasteiger partial charge in [0.05, 0.1) is 27.7 Å². The Kier molecular flexibility index (Phi) is 8.35. The number of carbonyl (C=O) groups is 2. The first-order valence-electron chi connectivity index (χ1n) is 9.06. The molecule has 3 rings (SSSR count). The van der Waals surface area contributed by atoms with Gasteiger partial charge in [0, 0.05) is 4.90 Å². The molecule has 1 heterocycles. The van der Waals surface area contributed by atoms with Gasteiger partial charge in [-0.05, 0) is 47.8 Å². The zero-order chi connectivity index (χ0) is 20.5. The van der Waals surface area contributed by atoms with E-state index in [2.05, 4.69) is 11.4 Å². The molecule has 5 nitrogen and oxygen atoms in total. The molecule has 8 heteroatoms. The van der Waals surface area contributed by atoms with Crippen molar-refractivity contribution in [3.05, 3.63) is 59.7 Å². The number of nitriles is 1. The van der Waals surface area contributed by atoms with Crippen LogP contribution in [0.4, 0.5) is 5.69 Å². The summed E-state index contributed by atoms with van der Waals surface area (Å²) in [4.78, 5) is 25.2. The monoisotopic (exact) mass is 444 g/mol. The maximum absolute atomic E-state index is 12.2. The number of nitrogens with one attached hydrogen (secondary N) is 1. The van der Waals surface area contributed by atoms with Crippen molar-refractivity contribution in [2.45, 2.75) is 15.9 Å². The van der Waals surface area contributed by atoms with Crippen LogP contribution in [0.3, 0.4) is 0 Å². The molecule has 1 fully saturated rings. The molecule has 0 radical (unpaired) electrons. The second-order valence-electron chi connectivity index (χ2n) is 6.12. The second kappa shape index (κ2) is 11.2. The molecule has 0 aromatic heterocycles. The Bertz CT molecular complexity index is 891. The van der Waals surface area contributed by atoms with Crippen LogP contribution in [0.15, 0.2) is 53.4 Å². The summed E-state index contributed by atoms with van der Waals surface area (Å²) in [5.74, 6) is 1.66. The number of hydrogen-bond acceptors (Lipinski definition) is 7. The van der Waals surface area contributed by atoms with Crippen LogP contribution in [0.1, 0.15) is 26.9 Å². The van der Waals surface area contributed by atoms with E-state index in [0.29, 0.717) is 15.8 Å². The van der Waals surface area contributed by atoms with Crippen molar-refractivity contribution in [1.29, 1.82) is 5.26 Å². The van der Waals surface area contributed by atoms with E-state index in [1.165, 1.54) is 23.7 Å². The van der Waals surface area contributed by atoms with Crippen molar-refractivity contribution in [1.82, 2.24) is 0 Å². The molecule has 0 aliphatic carbocycles. The van der Waals surface area contributed by atoms with Crippen LogP contribution in [0, 0.1) is 11.3 Å². The van der Waals surface area contributed by atoms with Gasteiger partial charge < -0.3 is 10.1 Å². The molecule has 0 bridgehead atoms. The zero-order valence-electron chi connectivity index (χ0n) is 15.6. The third-order valence-electron chi connectivity index (χ3n) is 4.03. The molecule has 2 aromatic carbocycles. The Morgan fingerprint density at radius 2 is 1.86 bits per heavy atom. The number of carbonyl (C=O) groups excluding carboxylic acids is 2. The maximum atomic E-state index is 12.2. The number of rotatable bonds is 7. The largest absolute Gasteiger partial charge is 0.452 e. The number of para-hydroxylation sites is 1. The first-order valence-corrected chi connectivity index (χ1v) is 12.1. The number of nitrogens with zero attached hydrogens (tertiary/aromatic N) is 1. The van der Waals surface area contributed by atoms with Crippen LogP contribution < -0.4 is 5.32 Å². The molecular formula is C21H20N2O3S3. The highest BCUT2D eigenvalue weighted by Crippen LogP contribution is 2.43. The third-order valence-corrected chi connectivity index (χ3v) is 7.99. The maximum Gasteiger partial charge on any atom is 0.338 e. The van der Waals surface area contributed by atoms with Gasteiger partial charge in [-0.1, -0.05) is 24.3 Å². The molecule has 0 spiro atoms.